The van der Waals surface area contributed by atoms with E-state index in [2.05, 4.69) is 5.16 Å². The monoisotopic (exact) mass is 397 g/mol. The van der Waals surface area contributed by atoms with E-state index in [4.69, 9.17) is 14.2 Å². The topological polar surface area (TPSA) is 68.5 Å². The number of pyridine rings is 1. The van der Waals surface area contributed by atoms with Crippen LogP contribution in [0.2, 0.25) is 0 Å². The Morgan fingerprint density at radius 2 is 2.21 bits per heavy atom. The summed E-state index contributed by atoms with van der Waals surface area (Å²) in [6, 6.07) is 7.82. The van der Waals surface area contributed by atoms with Crippen molar-refractivity contribution in [2.75, 3.05) is 19.7 Å². The van der Waals surface area contributed by atoms with Gasteiger partial charge in [0.15, 0.2) is 0 Å². The second-order valence-corrected chi connectivity index (χ2v) is 7.88. The van der Waals surface area contributed by atoms with Crippen LogP contribution in [0.1, 0.15) is 45.4 Å². The number of nitrogens with zero attached hydrogens (tertiary/aromatic N) is 3. The van der Waals surface area contributed by atoms with Crippen LogP contribution in [0.5, 0.6) is 0 Å². The predicted octanol–water partition coefficient (Wildman–Crippen LogP) is 4.19. The number of hydrogen-bond acceptors (Lipinski definition) is 6. The standard InChI is InChI=1S/C21H23N3O3S/c1-4-17-20(14(3)23-27-17)16-7-5-6-15(22-16)18-11-24(8-9-26-18)21(25)19-10-13(2)12-28-19/h5-7,10,12,18H,4,8-9,11H2,1-3H3/t18-/m0/s1. The lowest BCUT2D eigenvalue weighted by molar-refractivity contribution is -0.0245. The molecule has 3 aromatic heterocycles. The first-order valence-corrected chi connectivity index (χ1v) is 10.3. The van der Waals surface area contributed by atoms with Crippen LogP contribution in [0.3, 0.4) is 0 Å². The fraction of sp³-hybridized carbons (Fsp3) is 0.381. The fourth-order valence-corrected chi connectivity index (χ4v) is 4.33. The first-order valence-electron chi connectivity index (χ1n) is 9.45. The number of carbonyl (C=O) groups is 1. The lowest BCUT2D eigenvalue weighted by Crippen LogP contribution is -2.42. The normalized spacial score (nSPS) is 17.1. The molecular formula is C21H23N3O3S. The third-order valence-corrected chi connectivity index (χ3v) is 5.94. The second kappa shape index (κ2) is 7.85. The van der Waals surface area contributed by atoms with E-state index in [1.807, 2.05) is 55.3 Å². The predicted molar refractivity (Wildman–Crippen MR) is 108 cm³/mol. The van der Waals surface area contributed by atoms with Gasteiger partial charge in [-0.3, -0.25) is 4.79 Å². The van der Waals surface area contributed by atoms with Crippen molar-refractivity contribution < 1.29 is 14.1 Å². The van der Waals surface area contributed by atoms with Crippen molar-refractivity contribution in [3.8, 4) is 11.3 Å². The SMILES string of the molecule is CCc1onc(C)c1-c1cccc([C@@H]2CN(C(=O)c3cc(C)cs3)CCO2)n1. The first kappa shape index (κ1) is 18.8. The van der Waals surface area contributed by atoms with Gasteiger partial charge in [-0.1, -0.05) is 18.1 Å². The van der Waals surface area contributed by atoms with Crippen LogP contribution in [0.25, 0.3) is 11.3 Å². The number of aryl methyl sites for hydroxylation is 3. The minimum atomic E-state index is -0.246. The van der Waals surface area contributed by atoms with E-state index in [0.29, 0.717) is 19.7 Å². The molecule has 146 valence electrons. The molecule has 3 aromatic rings. The average Bonchev–Trinajstić information content (AvgIpc) is 3.33. The number of aromatic nitrogens is 2. The van der Waals surface area contributed by atoms with Gasteiger partial charge >= 0.3 is 0 Å². The Hall–Kier alpha value is -2.51. The Labute approximate surface area is 168 Å². The molecule has 0 spiro atoms. The number of thiophene rings is 1. The van der Waals surface area contributed by atoms with Gasteiger partial charge < -0.3 is 14.2 Å². The van der Waals surface area contributed by atoms with E-state index >= 15 is 0 Å². The summed E-state index contributed by atoms with van der Waals surface area (Å²) in [5, 5.41) is 6.08. The van der Waals surface area contributed by atoms with Gasteiger partial charge in [0.1, 0.15) is 11.9 Å². The Balaban J connectivity index is 1.57. The Kier molecular flexibility index (Phi) is 5.28. The molecule has 28 heavy (non-hydrogen) atoms. The van der Waals surface area contributed by atoms with E-state index in [1.54, 1.807) is 0 Å². The van der Waals surface area contributed by atoms with E-state index in [0.717, 1.165) is 45.3 Å². The number of amides is 1. The highest BCUT2D eigenvalue weighted by Gasteiger charge is 2.28. The highest BCUT2D eigenvalue weighted by atomic mass is 32.1. The molecule has 0 saturated carbocycles. The molecule has 0 aromatic carbocycles. The van der Waals surface area contributed by atoms with Crippen LogP contribution in [0, 0.1) is 13.8 Å². The molecule has 7 heteroatoms. The molecule has 0 N–H and O–H groups in total. The Morgan fingerprint density at radius 1 is 1.36 bits per heavy atom. The van der Waals surface area contributed by atoms with Crippen LogP contribution in [0.4, 0.5) is 0 Å². The first-order chi connectivity index (χ1) is 13.6. The highest BCUT2D eigenvalue weighted by molar-refractivity contribution is 7.12. The maximum atomic E-state index is 12.8. The maximum Gasteiger partial charge on any atom is 0.264 e. The quantitative estimate of drug-likeness (QED) is 0.660. The average molecular weight is 398 g/mol. The number of carbonyl (C=O) groups excluding carboxylic acids is 1. The van der Waals surface area contributed by atoms with Crippen molar-refractivity contribution in [2.24, 2.45) is 0 Å². The number of ether oxygens (including phenoxy) is 1. The smallest absolute Gasteiger partial charge is 0.264 e. The molecule has 4 rings (SSSR count). The largest absolute Gasteiger partial charge is 0.368 e. The van der Waals surface area contributed by atoms with Gasteiger partial charge in [0, 0.05) is 13.0 Å². The van der Waals surface area contributed by atoms with Gasteiger partial charge in [-0.15, -0.1) is 11.3 Å². The summed E-state index contributed by atoms with van der Waals surface area (Å²) >= 11 is 1.49. The van der Waals surface area contributed by atoms with Crippen LogP contribution < -0.4 is 0 Å². The summed E-state index contributed by atoms with van der Waals surface area (Å²) in [4.78, 5) is 20.3. The second-order valence-electron chi connectivity index (χ2n) is 6.97. The lowest BCUT2D eigenvalue weighted by Gasteiger charge is -2.32. The Morgan fingerprint density at radius 3 is 2.96 bits per heavy atom. The lowest BCUT2D eigenvalue weighted by atomic mass is 10.1. The summed E-state index contributed by atoms with van der Waals surface area (Å²) < 4.78 is 11.4. The molecule has 1 amide bonds. The summed E-state index contributed by atoms with van der Waals surface area (Å²) in [5.41, 5.74) is 4.54. The summed E-state index contributed by atoms with van der Waals surface area (Å²) in [6.45, 7) is 7.55. The van der Waals surface area contributed by atoms with Gasteiger partial charge in [0.05, 0.1) is 40.7 Å². The van der Waals surface area contributed by atoms with Gasteiger partial charge in [-0.2, -0.15) is 0 Å². The van der Waals surface area contributed by atoms with Crippen molar-refractivity contribution in [1.29, 1.82) is 0 Å². The van der Waals surface area contributed by atoms with Gasteiger partial charge in [-0.05, 0) is 43.0 Å². The zero-order chi connectivity index (χ0) is 19.7. The molecule has 0 radical (unpaired) electrons. The fourth-order valence-electron chi connectivity index (χ4n) is 3.47. The molecule has 1 saturated heterocycles. The van der Waals surface area contributed by atoms with Crippen LogP contribution in [0.15, 0.2) is 34.2 Å². The summed E-state index contributed by atoms with van der Waals surface area (Å²) in [7, 11) is 0. The van der Waals surface area contributed by atoms with Crippen LogP contribution in [-0.4, -0.2) is 40.6 Å². The van der Waals surface area contributed by atoms with Gasteiger partial charge in [0.2, 0.25) is 0 Å². The van der Waals surface area contributed by atoms with Crippen molar-refractivity contribution in [2.45, 2.75) is 33.3 Å². The zero-order valence-electron chi connectivity index (χ0n) is 16.3. The van der Waals surface area contributed by atoms with E-state index in [1.165, 1.54) is 11.3 Å². The van der Waals surface area contributed by atoms with Crippen molar-refractivity contribution in [3.05, 3.63) is 57.2 Å². The number of morpholine rings is 1. The highest BCUT2D eigenvalue weighted by Crippen LogP contribution is 2.29. The van der Waals surface area contributed by atoms with Crippen LogP contribution >= 0.6 is 11.3 Å². The van der Waals surface area contributed by atoms with E-state index in [9.17, 15) is 4.79 Å². The molecule has 0 aliphatic carbocycles. The number of hydrogen-bond donors (Lipinski definition) is 0. The third kappa shape index (κ3) is 3.59. The number of rotatable bonds is 4. The molecule has 0 bridgehead atoms. The molecular weight excluding hydrogens is 374 g/mol. The molecule has 6 nitrogen and oxygen atoms in total. The molecule has 0 unspecified atom stereocenters. The van der Waals surface area contributed by atoms with E-state index in [-0.39, 0.29) is 12.0 Å². The van der Waals surface area contributed by atoms with Gasteiger partial charge in [0.25, 0.3) is 5.91 Å². The van der Waals surface area contributed by atoms with Crippen molar-refractivity contribution >= 4 is 17.2 Å². The molecule has 1 atom stereocenters. The summed E-state index contributed by atoms with van der Waals surface area (Å²) in [5.74, 6) is 0.891. The molecule has 1 aliphatic heterocycles. The van der Waals surface area contributed by atoms with Crippen molar-refractivity contribution in [1.82, 2.24) is 15.0 Å². The van der Waals surface area contributed by atoms with Gasteiger partial charge in [-0.25, -0.2) is 4.98 Å². The summed E-state index contributed by atoms with van der Waals surface area (Å²) in [6.07, 6.45) is 0.508. The minimum Gasteiger partial charge on any atom is -0.368 e. The molecule has 1 aliphatic rings. The zero-order valence-corrected chi connectivity index (χ0v) is 17.1. The molecule has 4 heterocycles. The van der Waals surface area contributed by atoms with Crippen LogP contribution in [-0.2, 0) is 11.2 Å². The maximum absolute atomic E-state index is 12.8. The third-order valence-electron chi connectivity index (χ3n) is 4.91. The molecule has 1 fully saturated rings. The minimum absolute atomic E-state index is 0.0608. The Bertz CT molecular complexity index is 994. The van der Waals surface area contributed by atoms with E-state index < -0.39 is 0 Å². The van der Waals surface area contributed by atoms with Crippen molar-refractivity contribution in [3.63, 3.8) is 0 Å².